The number of non-ortho nitro benzene ring substituents is 1. The number of nitrogens with zero attached hydrogens (tertiary/aromatic N) is 1. The maximum atomic E-state index is 12.2. The van der Waals surface area contributed by atoms with Gasteiger partial charge < -0.3 is 5.11 Å². The number of nitro groups is 1. The Morgan fingerprint density at radius 1 is 0.895 bits per heavy atom. The molecule has 7 heteroatoms. The Morgan fingerprint density at radius 2 is 1.32 bits per heavy atom. The Bertz CT molecular complexity index is 705. The molecule has 0 aliphatic heterocycles. The molecule has 6 nitrogen and oxygen atoms in total. The summed E-state index contributed by atoms with van der Waals surface area (Å²) < 4.78 is 24.3. The number of aromatic hydroxyl groups is 1. The van der Waals surface area contributed by atoms with Gasteiger partial charge in [0.2, 0.25) is 9.84 Å². The fraction of sp³-hybridized carbons (Fsp3) is 0. The lowest BCUT2D eigenvalue weighted by molar-refractivity contribution is -0.384. The van der Waals surface area contributed by atoms with Gasteiger partial charge in [0, 0.05) is 12.1 Å². The van der Waals surface area contributed by atoms with Gasteiger partial charge in [-0.05, 0) is 36.4 Å². The molecule has 0 aromatic heterocycles. The predicted octanol–water partition coefficient (Wildman–Crippen LogP) is 2.13. The molecule has 0 spiro atoms. The quantitative estimate of drug-likeness (QED) is 0.685. The summed E-state index contributed by atoms with van der Waals surface area (Å²) >= 11 is 0. The molecule has 2 aromatic carbocycles. The van der Waals surface area contributed by atoms with E-state index < -0.39 is 14.8 Å². The lowest BCUT2D eigenvalue weighted by atomic mass is 10.3. The highest BCUT2D eigenvalue weighted by Crippen LogP contribution is 2.24. The Hall–Kier alpha value is -2.41. The van der Waals surface area contributed by atoms with Gasteiger partial charge in [0.1, 0.15) is 5.75 Å². The van der Waals surface area contributed by atoms with Crippen LogP contribution in [0.15, 0.2) is 58.3 Å². The fourth-order valence-corrected chi connectivity index (χ4v) is 2.77. The van der Waals surface area contributed by atoms with Gasteiger partial charge in [-0.1, -0.05) is 0 Å². The smallest absolute Gasteiger partial charge is 0.269 e. The highest BCUT2D eigenvalue weighted by Gasteiger charge is 2.18. The molecule has 0 aliphatic carbocycles. The average Bonchev–Trinajstić information content (AvgIpc) is 2.39. The van der Waals surface area contributed by atoms with E-state index in [1.54, 1.807) is 0 Å². The van der Waals surface area contributed by atoms with Gasteiger partial charge in [0.25, 0.3) is 5.69 Å². The van der Waals surface area contributed by atoms with E-state index >= 15 is 0 Å². The standard InChI is InChI=1S/C12H9NO5S/c14-10-3-7-12(8-4-10)19(17,18)11-5-1-9(2-6-11)13(15)16/h1-8,14H. The normalized spacial score (nSPS) is 11.2. The van der Waals surface area contributed by atoms with Gasteiger partial charge in [-0.25, -0.2) is 8.42 Å². The van der Waals surface area contributed by atoms with Crippen LogP contribution in [-0.4, -0.2) is 18.4 Å². The average molecular weight is 279 g/mol. The summed E-state index contributed by atoms with van der Waals surface area (Å²) in [4.78, 5) is 9.87. The number of phenols is 1. The maximum absolute atomic E-state index is 12.2. The van der Waals surface area contributed by atoms with E-state index in [2.05, 4.69) is 0 Å². The van der Waals surface area contributed by atoms with Gasteiger partial charge in [-0.15, -0.1) is 0 Å². The van der Waals surface area contributed by atoms with Crippen molar-refractivity contribution in [2.24, 2.45) is 0 Å². The molecule has 0 unspecified atom stereocenters. The van der Waals surface area contributed by atoms with Gasteiger partial charge in [-0.3, -0.25) is 10.1 Å². The zero-order valence-electron chi connectivity index (χ0n) is 9.55. The van der Waals surface area contributed by atoms with Crippen LogP contribution in [0.1, 0.15) is 0 Å². The van der Waals surface area contributed by atoms with Crippen LogP contribution in [-0.2, 0) is 9.84 Å². The first-order valence-electron chi connectivity index (χ1n) is 5.20. The number of hydrogen-bond acceptors (Lipinski definition) is 5. The van der Waals surface area contributed by atoms with Gasteiger partial charge in [0.15, 0.2) is 0 Å². The van der Waals surface area contributed by atoms with Crippen LogP contribution >= 0.6 is 0 Å². The molecular formula is C12H9NO5S. The summed E-state index contributed by atoms with van der Waals surface area (Å²) in [5.41, 5.74) is -0.176. The van der Waals surface area contributed by atoms with Crippen molar-refractivity contribution >= 4 is 15.5 Å². The van der Waals surface area contributed by atoms with Crippen molar-refractivity contribution < 1.29 is 18.4 Å². The second-order valence-electron chi connectivity index (χ2n) is 3.75. The minimum absolute atomic E-state index is 0.0131. The number of hydrogen-bond donors (Lipinski definition) is 1. The molecular weight excluding hydrogens is 270 g/mol. The molecule has 2 aromatic rings. The molecule has 19 heavy (non-hydrogen) atoms. The Morgan fingerprint density at radius 3 is 1.74 bits per heavy atom. The van der Waals surface area contributed by atoms with E-state index in [1.165, 1.54) is 36.4 Å². The maximum Gasteiger partial charge on any atom is 0.269 e. The molecule has 0 amide bonds. The minimum atomic E-state index is -3.73. The molecule has 98 valence electrons. The van der Waals surface area contributed by atoms with Crippen LogP contribution in [0, 0.1) is 10.1 Å². The van der Waals surface area contributed by atoms with Crippen molar-refractivity contribution in [2.45, 2.75) is 9.79 Å². The molecule has 0 saturated heterocycles. The van der Waals surface area contributed by atoms with Crippen molar-refractivity contribution in [3.05, 3.63) is 58.6 Å². The third-order valence-electron chi connectivity index (χ3n) is 2.50. The van der Waals surface area contributed by atoms with E-state index in [9.17, 15) is 18.5 Å². The van der Waals surface area contributed by atoms with Crippen LogP contribution < -0.4 is 0 Å². The molecule has 0 radical (unpaired) electrons. The number of phenolic OH excluding ortho intramolecular Hbond substituents is 1. The molecule has 1 N–H and O–H groups in total. The van der Waals surface area contributed by atoms with Crippen molar-refractivity contribution in [3.8, 4) is 5.75 Å². The van der Waals surface area contributed by atoms with Gasteiger partial charge in [-0.2, -0.15) is 0 Å². The zero-order valence-corrected chi connectivity index (χ0v) is 10.4. The topological polar surface area (TPSA) is 97.5 Å². The number of sulfone groups is 1. The molecule has 0 bridgehead atoms. The highest BCUT2D eigenvalue weighted by molar-refractivity contribution is 7.91. The number of benzene rings is 2. The second kappa shape index (κ2) is 4.69. The molecule has 0 aliphatic rings. The summed E-state index contributed by atoms with van der Waals surface area (Å²) in [5, 5.41) is 19.6. The largest absolute Gasteiger partial charge is 0.508 e. The van der Waals surface area contributed by atoms with E-state index in [-0.39, 0.29) is 21.2 Å². The monoisotopic (exact) mass is 279 g/mol. The first-order valence-corrected chi connectivity index (χ1v) is 6.68. The predicted molar refractivity (Wildman–Crippen MR) is 66.7 cm³/mol. The van der Waals surface area contributed by atoms with Crippen LogP contribution in [0.4, 0.5) is 5.69 Å². The lowest BCUT2D eigenvalue weighted by Crippen LogP contribution is -2.01. The zero-order chi connectivity index (χ0) is 14.0. The highest BCUT2D eigenvalue weighted by atomic mass is 32.2. The second-order valence-corrected chi connectivity index (χ2v) is 5.70. The summed E-state index contributed by atoms with van der Waals surface area (Å²) in [6.45, 7) is 0. The van der Waals surface area contributed by atoms with E-state index in [1.807, 2.05) is 0 Å². The van der Waals surface area contributed by atoms with Crippen LogP contribution in [0.5, 0.6) is 5.75 Å². The molecule has 0 saturated carbocycles. The molecule has 0 atom stereocenters. The minimum Gasteiger partial charge on any atom is -0.508 e. The third kappa shape index (κ3) is 2.55. The molecule has 2 rings (SSSR count). The van der Waals surface area contributed by atoms with Crippen molar-refractivity contribution in [2.75, 3.05) is 0 Å². The molecule has 0 fully saturated rings. The van der Waals surface area contributed by atoms with Crippen LogP contribution in [0.3, 0.4) is 0 Å². The van der Waals surface area contributed by atoms with Crippen molar-refractivity contribution in [3.63, 3.8) is 0 Å². The van der Waals surface area contributed by atoms with E-state index in [0.717, 1.165) is 12.1 Å². The first-order chi connectivity index (χ1) is 8.91. The van der Waals surface area contributed by atoms with Crippen LogP contribution in [0.2, 0.25) is 0 Å². The van der Waals surface area contributed by atoms with Crippen molar-refractivity contribution in [1.82, 2.24) is 0 Å². The number of nitro benzene ring substituents is 1. The summed E-state index contributed by atoms with van der Waals surface area (Å²) in [6, 6.07) is 9.69. The SMILES string of the molecule is O=[N+]([O-])c1ccc(S(=O)(=O)c2ccc(O)cc2)cc1. The Balaban J connectivity index is 2.44. The van der Waals surface area contributed by atoms with Crippen molar-refractivity contribution in [1.29, 1.82) is 0 Å². The summed E-state index contributed by atoms with van der Waals surface area (Å²) in [7, 11) is -3.73. The lowest BCUT2D eigenvalue weighted by Gasteiger charge is -2.04. The van der Waals surface area contributed by atoms with E-state index in [4.69, 9.17) is 5.11 Å². The van der Waals surface area contributed by atoms with Gasteiger partial charge in [0.05, 0.1) is 14.7 Å². The Labute approximate surface area is 109 Å². The summed E-state index contributed by atoms with van der Waals surface area (Å²) in [6.07, 6.45) is 0. The Kier molecular flexibility index (Phi) is 3.22. The van der Waals surface area contributed by atoms with E-state index in [0.29, 0.717) is 0 Å². The fourth-order valence-electron chi connectivity index (χ4n) is 1.51. The third-order valence-corrected chi connectivity index (χ3v) is 4.29. The number of rotatable bonds is 3. The summed E-state index contributed by atoms with van der Waals surface area (Å²) in [5.74, 6) is -0.0392. The van der Waals surface area contributed by atoms with Crippen LogP contribution in [0.25, 0.3) is 0 Å². The molecule has 0 heterocycles. The first kappa shape index (κ1) is 13.0. The van der Waals surface area contributed by atoms with Gasteiger partial charge >= 0.3 is 0 Å².